The maximum Gasteiger partial charge on any atom is 0.423 e. The number of nitrogens with two attached hydrogens (primary N) is 3. The molecule has 0 aromatic rings. The van der Waals surface area contributed by atoms with Crippen LogP contribution in [0.15, 0.2) is 33.3 Å². The number of piperazine rings is 3. The molecule has 3 aliphatic carbocycles. The van der Waals surface area contributed by atoms with Crippen molar-refractivity contribution in [2.45, 2.75) is 189 Å². The lowest BCUT2D eigenvalue weighted by atomic mass is 10.2. The van der Waals surface area contributed by atoms with Crippen molar-refractivity contribution in [3.05, 3.63) is 24.6 Å². The van der Waals surface area contributed by atoms with Crippen LogP contribution in [0.1, 0.15) is 142 Å². The van der Waals surface area contributed by atoms with E-state index in [0.717, 1.165) is 63.7 Å². The molecule has 0 atom stereocenters. The predicted molar refractivity (Wildman–Crippen MR) is 403 cm³/mol. The number of aliphatic hydroxyl groups is 1. The molecule has 3 saturated heterocycles. The lowest BCUT2D eigenvalue weighted by Crippen LogP contribution is -3.05. The molecule has 3 saturated carbocycles. The van der Waals surface area contributed by atoms with Crippen LogP contribution in [0.4, 0.5) is 14.4 Å². The van der Waals surface area contributed by atoms with Crippen LogP contribution in [0.25, 0.3) is 0 Å². The van der Waals surface area contributed by atoms with Gasteiger partial charge in [0, 0.05) is 124 Å². The van der Waals surface area contributed by atoms with Gasteiger partial charge in [-0.1, -0.05) is 29.6 Å². The number of carbonyl (C=O) groups is 3. The number of hydrogen-bond donors (Lipinski definition) is 11. The van der Waals surface area contributed by atoms with Gasteiger partial charge in [0.2, 0.25) is 5.71 Å². The number of likely N-dealkylation sites (N-methyl/N-ethyl adjacent to an activating group) is 3. The summed E-state index contributed by atoms with van der Waals surface area (Å²) in [5, 5.41) is 32.8. The van der Waals surface area contributed by atoms with Crippen LogP contribution < -0.4 is 54.4 Å². The fourth-order valence-corrected chi connectivity index (χ4v) is 11.3. The average molecular weight is 1720 g/mol. The summed E-state index contributed by atoms with van der Waals surface area (Å²) in [5.74, 6) is 0. The third kappa shape index (κ3) is 71.4. The second-order valence-electron chi connectivity index (χ2n) is 29.1. The van der Waals surface area contributed by atoms with E-state index >= 15 is 0 Å². The number of quaternary nitrogens is 1. The van der Waals surface area contributed by atoms with Crippen molar-refractivity contribution >= 4 is 127 Å². The molecular formula is C56H117Cl2N18O24S7+. The largest absolute Gasteiger partial charge is 0.594 e. The highest BCUT2D eigenvalue weighted by molar-refractivity contribution is 8.13. The van der Waals surface area contributed by atoms with Gasteiger partial charge in [-0.05, 0) is 143 Å². The maximum absolute atomic E-state index is 11.9. The van der Waals surface area contributed by atoms with E-state index in [1.54, 1.807) is 121 Å². The minimum absolute atomic E-state index is 0.0371. The van der Waals surface area contributed by atoms with Crippen LogP contribution in [-0.2, 0) is 93.3 Å². The summed E-state index contributed by atoms with van der Waals surface area (Å²) in [7, 11) is -7.69. The molecule has 4 heterocycles. The van der Waals surface area contributed by atoms with Crippen LogP contribution >= 0.6 is 21.4 Å². The van der Waals surface area contributed by atoms with Crippen LogP contribution in [-0.4, -0.2) is 288 Å². The van der Waals surface area contributed by atoms with E-state index < -0.39 is 122 Å². The molecule has 0 aromatic carbocycles. The first kappa shape index (κ1) is 106. The topological polar surface area (TPSA) is 586 Å². The molecule has 107 heavy (non-hydrogen) atoms. The van der Waals surface area contributed by atoms with Gasteiger partial charge in [-0.25, -0.2) is 48.2 Å². The molecule has 0 unspecified atom stereocenters. The summed E-state index contributed by atoms with van der Waals surface area (Å²) in [6.07, 6.45) is 8.74. The third-order valence-electron chi connectivity index (χ3n) is 11.6. The number of isocyanates is 1. The van der Waals surface area contributed by atoms with E-state index in [2.05, 4.69) is 61.0 Å². The molecule has 630 valence electrons. The Hall–Kier alpha value is -4.68. The molecule has 0 spiro atoms. The summed E-state index contributed by atoms with van der Waals surface area (Å²) in [6.45, 7) is 34.3. The van der Waals surface area contributed by atoms with E-state index in [-0.39, 0.29) is 16.4 Å². The van der Waals surface area contributed by atoms with Crippen molar-refractivity contribution in [3.8, 4) is 0 Å². The van der Waals surface area contributed by atoms with Gasteiger partial charge < -0.3 is 54.9 Å². The number of ether oxygens (including phenoxy) is 4. The number of allylic oxidation sites excluding steroid dienone is 2. The summed E-state index contributed by atoms with van der Waals surface area (Å²) in [6, 6.07) is 0.676. The molecule has 7 aliphatic rings. The standard InChI is InChI=1S/C12H19N3O4S.C10H21N3O4S.C8H16N2O4S.C5H10ClNO4S.C5H13N3O2S.C5H12N2.C4H10O.C3H8N2O2S.C3H7N.CClNO3S/c1-12(2,3)19-11(16)13-20(17,18)15-8-6-10(7-9-15)14(4)5;1-10(2,3)17-9(14)11-18(15,16)13-7-5-12(4)6-8-13;1-8(2,3)14-7(11)10-15(12,13)9-6-4-5-6;1-5(2,3)11-4(8)7-12(6,9)10;1-7-2-4-8(5-3-7)11(6,9)10;1-7-4-2-6-3-5-7;1-4(2,3)5;4-8(6,7)5-3-1-2-3;4-3-1-2-3;2-7(5,6)3-1-4/h6-9H,1-5H3;5-8H2,1-4H3,(H,11,14);6,9H,4-5H2,1-3H3,(H,10,11);1-3H3,(H,7,8);2-5H2,1H3,(H2,6,9,10);6H,2-5H2,1H3;5H,1-3H3;3,5H,1-2H2,(H2,4,6,7);3H,1-2,4H2;/p+1. The summed E-state index contributed by atoms with van der Waals surface area (Å²) in [5.41, 5.74) is 2.61. The molecule has 14 N–H and O–H groups in total. The van der Waals surface area contributed by atoms with Crippen molar-refractivity contribution in [1.29, 1.82) is 0 Å². The van der Waals surface area contributed by atoms with Crippen molar-refractivity contribution in [2.75, 3.05) is 114 Å². The number of nitrogens with one attached hydrogen (secondary N) is 7. The highest BCUT2D eigenvalue weighted by Crippen LogP contribution is 2.20. The third-order valence-corrected chi connectivity index (χ3v) is 18.3. The molecule has 0 radical (unpaired) electrons. The molecule has 0 aromatic heterocycles. The number of rotatable bonds is 12. The number of amides is 3. The molecule has 3 amide bonds. The molecule has 0 bridgehead atoms. The molecule has 4 aliphatic heterocycles. The lowest BCUT2D eigenvalue weighted by molar-refractivity contribution is -0.641. The second kappa shape index (κ2) is 47.0. The maximum atomic E-state index is 11.9. The van der Waals surface area contributed by atoms with E-state index in [1.807, 2.05) is 42.4 Å². The predicted octanol–water partition coefficient (Wildman–Crippen LogP) is -2.50. The Labute approximate surface area is 643 Å². The summed E-state index contributed by atoms with van der Waals surface area (Å²) in [4.78, 5) is 48.7. The van der Waals surface area contributed by atoms with Crippen LogP contribution in [0.3, 0.4) is 0 Å². The Kier molecular flexibility index (Phi) is 46.8. The smallest absolute Gasteiger partial charge is 0.423 e. The monoisotopic (exact) mass is 1720 g/mol. The minimum atomic E-state index is -4.05. The Morgan fingerprint density at radius 3 is 1.18 bits per heavy atom. The highest BCUT2D eigenvalue weighted by atomic mass is 35.7. The van der Waals surface area contributed by atoms with Gasteiger partial charge >= 0.3 is 67.4 Å². The normalized spacial score (nSPS) is 18.7. The fraction of sp³-hybridized carbons (Fsp3) is 0.821. The molecule has 42 nitrogen and oxygen atoms in total. The van der Waals surface area contributed by atoms with Gasteiger partial charge in [-0.2, -0.15) is 72.9 Å². The molecular weight excluding hydrogens is 1600 g/mol. The first-order valence-electron chi connectivity index (χ1n) is 32.7. The molecule has 6 fully saturated rings. The number of halogens is 2. The Morgan fingerprint density at radius 1 is 0.579 bits per heavy atom. The van der Waals surface area contributed by atoms with E-state index in [4.69, 9.17) is 45.7 Å². The first-order valence-corrected chi connectivity index (χ1v) is 44.6. The minimum Gasteiger partial charge on any atom is -0.594 e. The van der Waals surface area contributed by atoms with Crippen LogP contribution in [0, 0.1) is 0 Å². The van der Waals surface area contributed by atoms with E-state index in [0.29, 0.717) is 45.3 Å². The van der Waals surface area contributed by atoms with Gasteiger partial charge in [0.25, 0.3) is 26.5 Å². The van der Waals surface area contributed by atoms with E-state index in [9.17, 15) is 78.4 Å². The van der Waals surface area contributed by atoms with Gasteiger partial charge in [0.15, 0.2) is 6.08 Å². The SMILES string of the molecule is CC(C)(C)O.CC(C)(C)OC(=O)NS(=O)(=O)Cl.CC(C)(C)OC(=O)NS(=O)(=O)NC1CC1.CN1CCN(S(=O)(=O)NC(=O)OC(C)(C)C)CC1.CN1CCN(S(N)(=O)=O)CC1.CN1CCNCC1.C[N+](C)=C1C=C[NH+](S(=O)(=O)N=C([O-])OC(C)(C)C)C=C1.NC1CC1.NS(=O)(=O)NC1CC1.O=C=NS(=O)(=O)Cl. The Morgan fingerprint density at radius 2 is 0.916 bits per heavy atom. The zero-order valence-electron chi connectivity index (χ0n) is 64.5. The summed E-state index contributed by atoms with van der Waals surface area (Å²) >= 11 is 0. The zero-order chi connectivity index (χ0) is 84.4. The Balaban J connectivity index is -0.00000116. The van der Waals surface area contributed by atoms with Gasteiger partial charge in [0.1, 0.15) is 43.3 Å². The van der Waals surface area contributed by atoms with Gasteiger partial charge in [-0.3, -0.25) is 0 Å². The lowest BCUT2D eigenvalue weighted by Gasteiger charge is -2.31. The molecule has 51 heteroatoms. The van der Waals surface area contributed by atoms with Crippen LogP contribution in [0.2, 0.25) is 0 Å². The fourth-order valence-electron chi connectivity index (χ4n) is 6.50. The zero-order valence-corrected chi connectivity index (χ0v) is 71.8. The van der Waals surface area contributed by atoms with Crippen LogP contribution in [0.5, 0.6) is 0 Å². The Bertz CT molecular complexity index is 3740. The number of nitrogens with zero attached hydrogens (tertiary/aromatic N) is 8. The van der Waals surface area contributed by atoms with Crippen molar-refractivity contribution in [3.63, 3.8) is 0 Å². The summed E-state index contributed by atoms with van der Waals surface area (Å²) < 4.78 is 190. The highest BCUT2D eigenvalue weighted by Gasteiger charge is 2.32. The average Bonchev–Trinajstić information content (AvgIpc) is 1.55. The van der Waals surface area contributed by atoms with Gasteiger partial charge in [-0.15, -0.1) is 8.42 Å². The quantitative estimate of drug-likeness (QED) is 0.0240. The van der Waals surface area contributed by atoms with Crippen molar-refractivity contribution in [1.82, 2.24) is 52.2 Å². The van der Waals surface area contributed by atoms with Gasteiger partial charge in [0.05, 0.1) is 17.8 Å². The first-order chi connectivity index (χ1) is 47.8. The second-order valence-corrected chi connectivity index (χ2v) is 41.2. The van der Waals surface area contributed by atoms with E-state index in [1.165, 1.54) is 51.7 Å². The van der Waals surface area contributed by atoms with Crippen molar-refractivity contribution in [2.24, 2.45) is 24.8 Å². The van der Waals surface area contributed by atoms with Crippen molar-refractivity contribution < 1.29 is 116 Å². The molecule has 7 rings (SSSR count). The number of carbonyl (C=O) groups excluding carboxylic acids is 4. The number of hydrogen-bond acceptors (Lipinski definition) is 29.